The van der Waals surface area contributed by atoms with Crippen LogP contribution in [0.4, 0.5) is 0 Å². The van der Waals surface area contributed by atoms with Gasteiger partial charge in [-0.05, 0) is 61.0 Å². The number of aromatic hydroxyl groups is 1. The van der Waals surface area contributed by atoms with Crippen LogP contribution in [-0.2, 0) is 0 Å². The predicted octanol–water partition coefficient (Wildman–Crippen LogP) is 6.02. The topological polar surface area (TPSA) is 66.6 Å². The molecule has 0 aliphatic rings. The Morgan fingerprint density at radius 3 is 2.42 bits per heavy atom. The zero-order valence-corrected chi connectivity index (χ0v) is 18.4. The van der Waals surface area contributed by atoms with Crippen molar-refractivity contribution >= 4 is 46.1 Å². The van der Waals surface area contributed by atoms with Crippen LogP contribution < -0.4 is 5.43 Å². The third kappa shape index (κ3) is 4.15. The molecule has 0 unspecified atom stereocenters. The monoisotopic (exact) mass is 451 g/mol. The fraction of sp³-hybridized carbons (Fsp3) is 0.0833. The van der Waals surface area contributed by atoms with E-state index in [1.165, 1.54) is 0 Å². The van der Waals surface area contributed by atoms with Gasteiger partial charge in [0.05, 0.1) is 21.8 Å². The maximum atomic E-state index is 12.5. The minimum atomic E-state index is -0.488. The van der Waals surface area contributed by atoms with Crippen molar-refractivity contribution in [3.8, 4) is 11.4 Å². The zero-order valence-electron chi connectivity index (χ0n) is 16.9. The van der Waals surface area contributed by atoms with Crippen LogP contribution in [0.3, 0.4) is 0 Å². The van der Waals surface area contributed by atoms with Gasteiger partial charge in [-0.3, -0.25) is 4.79 Å². The molecule has 0 aliphatic carbocycles. The maximum absolute atomic E-state index is 12.5. The number of halogens is 2. The van der Waals surface area contributed by atoms with Crippen molar-refractivity contribution in [2.24, 2.45) is 5.10 Å². The predicted molar refractivity (Wildman–Crippen MR) is 126 cm³/mol. The number of hydrogen-bond acceptors (Lipinski definition) is 3. The van der Waals surface area contributed by atoms with Gasteiger partial charge in [-0.25, -0.2) is 5.43 Å². The molecule has 31 heavy (non-hydrogen) atoms. The first-order valence-electron chi connectivity index (χ1n) is 9.54. The minimum Gasteiger partial charge on any atom is -0.507 e. The van der Waals surface area contributed by atoms with Crippen molar-refractivity contribution in [2.45, 2.75) is 13.8 Å². The Morgan fingerprint density at radius 1 is 1.00 bits per heavy atom. The van der Waals surface area contributed by atoms with E-state index in [1.54, 1.807) is 30.5 Å². The summed E-state index contributed by atoms with van der Waals surface area (Å²) in [5.41, 5.74) is 6.29. The Kier molecular flexibility index (Phi) is 5.72. The van der Waals surface area contributed by atoms with Crippen molar-refractivity contribution in [3.05, 3.63) is 93.2 Å². The second-order valence-electron chi connectivity index (χ2n) is 7.18. The highest BCUT2D eigenvalue weighted by Crippen LogP contribution is 2.27. The Balaban J connectivity index is 1.56. The molecule has 4 rings (SSSR count). The van der Waals surface area contributed by atoms with Gasteiger partial charge in [0.2, 0.25) is 0 Å². The number of carbonyl (C=O) groups excluding carboxylic acids is 1. The molecule has 1 amide bonds. The first kappa shape index (κ1) is 21.0. The summed E-state index contributed by atoms with van der Waals surface area (Å²) in [7, 11) is 0. The summed E-state index contributed by atoms with van der Waals surface area (Å²) in [6.07, 6.45) is 1.58. The van der Waals surface area contributed by atoms with Crippen LogP contribution in [0.2, 0.25) is 10.0 Å². The number of hydrazone groups is 1. The minimum absolute atomic E-state index is 0.0933. The SMILES string of the molecule is Cc1cc(/C=N\NC(=O)c2cc3ccccc3cc2O)c(C)n1-c1ccc(Cl)c(Cl)c1. The zero-order chi connectivity index (χ0) is 22.1. The smallest absolute Gasteiger partial charge is 0.275 e. The number of benzene rings is 3. The number of nitrogens with zero attached hydrogens (tertiary/aromatic N) is 2. The van der Waals surface area contributed by atoms with Crippen molar-refractivity contribution in [3.63, 3.8) is 0 Å². The molecule has 7 heteroatoms. The van der Waals surface area contributed by atoms with Crippen molar-refractivity contribution in [2.75, 3.05) is 0 Å². The second-order valence-corrected chi connectivity index (χ2v) is 7.99. The lowest BCUT2D eigenvalue weighted by atomic mass is 10.1. The fourth-order valence-corrected chi connectivity index (χ4v) is 3.86. The molecular formula is C24H19Cl2N3O2. The van der Waals surface area contributed by atoms with Gasteiger partial charge >= 0.3 is 0 Å². The summed E-state index contributed by atoms with van der Waals surface area (Å²) in [4.78, 5) is 12.5. The summed E-state index contributed by atoms with van der Waals surface area (Å²) in [6, 6.07) is 18.1. The highest BCUT2D eigenvalue weighted by Gasteiger charge is 2.13. The van der Waals surface area contributed by atoms with Gasteiger partial charge in [-0.1, -0.05) is 47.5 Å². The summed E-state index contributed by atoms with van der Waals surface area (Å²) in [5, 5.41) is 17.0. The van der Waals surface area contributed by atoms with E-state index < -0.39 is 5.91 Å². The number of aryl methyl sites for hydroxylation is 1. The summed E-state index contributed by atoms with van der Waals surface area (Å²) in [6.45, 7) is 3.92. The van der Waals surface area contributed by atoms with Gasteiger partial charge in [-0.2, -0.15) is 5.10 Å². The Bertz CT molecular complexity index is 1340. The summed E-state index contributed by atoms with van der Waals surface area (Å²) >= 11 is 12.2. The first-order chi connectivity index (χ1) is 14.8. The normalized spacial score (nSPS) is 11.4. The molecule has 3 aromatic carbocycles. The van der Waals surface area contributed by atoms with Crippen molar-refractivity contribution in [1.82, 2.24) is 9.99 Å². The van der Waals surface area contributed by atoms with Crippen LogP contribution in [0, 0.1) is 13.8 Å². The third-order valence-electron chi connectivity index (χ3n) is 5.11. The number of nitrogens with one attached hydrogen (secondary N) is 1. The van der Waals surface area contributed by atoms with Gasteiger partial charge in [0.15, 0.2) is 0 Å². The number of phenols is 1. The molecule has 0 aliphatic heterocycles. The molecule has 4 aromatic rings. The molecule has 0 spiro atoms. The molecule has 5 nitrogen and oxygen atoms in total. The highest BCUT2D eigenvalue weighted by molar-refractivity contribution is 6.42. The van der Waals surface area contributed by atoms with Crippen LogP contribution in [0.5, 0.6) is 5.75 Å². The van der Waals surface area contributed by atoms with Gasteiger partial charge < -0.3 is 9.67 Å². The molecule has 0 atom stereocenters. The van der Waals surface area contributed by atoms with E-state index in [2.05, 4.69) is 10.5 Å². The lowest BCUT2D eigenvalue weighted by molar-refractivity contribution is 0.0952. The third-order valence-corrected chi connectivity index (χ3v) is 5.85. The van der Waals surface area contributed by atoms with E-state index in [-0.39, 0.29) is 11.3 Å². The van der Waals surface area contributed by atoms with Gasteiger partial charge in [0.25, 0.3) is 5.91 Å². The van der Waals surface area contributed by atoms with E-state index in [1.807, 2.05) is 54.8 Å². The number of hydrogen-bond donors (Lipinski definition) is 2. The van der Waals surface area contributed by atoms with E-state index in [0.717, 1.165) is 33.4 Å². The Hall–Kier alpha value is -3.28. The maximum Gasteiger partial charge on any atom is 0.275 e. The molecule has 156 valence electrons. The molecular weight excluding hydrogens is 433 g/mol. The molecule has 1 heterocycles. The number of amides is 1. The molecule has 0 bridgehead atoms. The highest BCUT2D eigenvalue weighted by atomic mass is 35.5. The lowest BCUT2D eigenvalue weighted by Gasteiger charge is -2.10. The first-order valence-corrected chi connectivity index (χ1v) is 10.3. The quantitative estimate of drug-likeness (QED) is 0.294. The van der Waals surface area contributed by atoms with E-state index in [4.69, 9.17) is 23.2 Å². The summed E-state index contributed by atoms with van der Waals surface area (Å²) in [5.74, 6) is -0.581. The number of fused-ring (bicyclic) bond motifs is 1. The van der Waals surface area contributed by atoms with Crippen LogP contribution in [0.1, 0.15) is 27.3 Å². The molecule has 0 saturated carbocycles. The van der Waals surface area contributed by atoms with Crippen LogP contribution in [-0.4, -0.2) is 21.8 Å². The van der Waals surface area contributed by atoms with Crippen molar-refractivity contribution in [1.29, 1.82) is 0 Å². The summed E-state index contributed by atoms with van der Waals surface area (Å²) < 4.78 is 2.03. The van der Waals surface area contributed by atoms with Gasteiger partial charge in [0.1, 0.15) is 5.75 Å². The second kappa shape index (κ2) is 8.46. The van der Waals surface area contributed by atoms with E-state index in [9.17, 15) is 9.90 Å². The van der Waals surface area contributed by atoms with Gasteiger partial charge in [0, 0.05) is 22.6 Å². The fourth-order valence-electron chi connectivity index (χ4n) is 3.57. The van der Waals surface area contributed by atoms with Crippen LogP contribution in [0.15, 0.2) is 65.8 Å². The van der Waals surface area contributed by atoms with Gasteiger partial charge in [-0.15, -0.1) is 0 Å². The number of phenolic OH excluding ortho intramolecular Hbond substituents is 1. The molecule has 0 radical (unpaired) electrons. The standard InChI is InChI=1S/C24H19Cl2N3O2/c1-14-9-18(15(2)29(14)19-7-8-21(25)22(26)12-19)13-27-28-24(31)20-10-16-5-3-4-6-17(16)11-23(20)30/h3-13,30H,1-2H3,(H,28,31)/b27-13-. The van der Waals surface area contributed by atoms with Crippen LogP contribution >= 0.6 is 23.2 Å². The largest absolute Gasteiger partial charge is 0.507 e. The van der Waals surface area contributed by atoms with Crippen LogP contribution in [0.25, 0.3) is 16.5 Å². The molecule has 1 aromatic heterocycles. The molecule has 0 fully saturated rings. The number of aromatic nitrogens is 1. The Labute approximate surface area is 189 Å². The van der Waals surface area contributed by atoms with E-state index >= 15 is 0 Å². The lowest BCUT2D eigenvalue weighted by Crippen LogP contribution is -2.17. The number of carbonyl (C=O) groups is 1. The average molecular weight is 452 g/mol. The van der Waals surface area contributed by atoms with Crippen molar-refractivity contribution < 1.29 is 9.90 Å². The van der Waals surface area contributed by atoms with E-state index in [0.29, 0.717) is 10.0 Å². The Morgan fingerprint density at radius 2 is 1.71 bits per heavy atom. The number of rotatable bonds is 4. The molecule has 0 saturated heterocycles. The average Bonchev–Trinajstić information content (AvgIpc) is 3.02. The molecule has 2 N–H and O–H groups in total.